The molecular formula is C17H14N2O2S. The number of anilines is 2. The first-order valence-corrected chi connectivity index (χ1v) is 7.79. The highest BCUT2D eigenvalue weighted by molar-refractivity contribution is 7.16. The molecule has 0 unspecified atom stereocenters. The van der Waals surface area contributed by atoms with Gasteiger partial charge in [0.15, 0.2) is 11.5 Å². The van der Waals surface area contributed by atoms with Gasteiger partial charge in [-0.1, -0.05) is 6.07 Å². The second-order valence-electron chi connectivity index (χ2n) is 5.02. The summed E-state index contributed by atoms with van der Waals surface area (Å²) in [5, 5.41) is 3.45. The van der Waals surface area contributed by atoms with E-state index in [2.05, 4.69) is 29.4 Å². The Hall–Kier alpha value is -2.53. The predicted molar refractivity (Wildman–Crippen MR) is 88.1 cm³/mol. The molecule has 0 amide bonds. The van der Waals surface area contributed by atoms with Gasteiger partial charge in [-0.3, -0.25) is 4.98 Å². The van der Waals surface area contributed by atoms with E-state index in [4.69, 9.17) is 9.47 Å². The Morgan fingerprint density at radius 3 is 2.91 bits per heavy atom. The highest BCUT2D eigenvalue weighted by atomic mass is 32.1. The average molecular weight is 310 g/mol. The van der Waals surface area contributed by atoms with Crippen LogP contribution in [0.15, 0.2) is 48.8 Å². The summed E-state index contributed by atoms with van der Waals surface area (Å²) in [7, 11) is 0. The van der Waals surface area contributed by atoms with Crippen molar-refractivity contribution in [3.8, 4) is 21.9 Å². The molecule has 4 nitrogen and oxygen atoms in total. The Morgan fingerprint density at radius 2 is 2.05 bits per heavy atom. The zero-order chi connectivity index (χ0) is 14.9. The smallest absolute Gasteiger partial charge is 0.231 e. The molecule has 0 saturated carbocycles. The molecule has 3 heterocycles. The van der Waals surface area contributed by atoms with E-state index in [1.807, 2.05) is 30.5 Å². The molecule has 0 fully saturated rings. The van der Waals surface area contributed by atoms with E-state index < -0.39 is 0 Å². The maximum Gasteiger partial charge on any atom is 0.231 e. The van der Waals surface area contributed by atoms with Crippen LogP contribution in [0.25, 0.3) is 10.4 Å². The third-order valence-corrected chi connectivity index (χ3v) is 4.61. The van der Waals surface area contributed by atoms with Crippen LogP contribution in [-0.2, 0) is 0 Å². The highest BCUT2D eigenvalue weighted by Gasteiger charge is 2.14. The summed E-state index contributed by atoms with van der Waals surface area (Å²) in [6, 6.07) is 12.1. The zero-order valence-electron chi connectivity index (χ0n) is 12.0. The van der Waals surface area contributed by atoms with Gasteiger partial charge in [-0.25, -0.2) is 0 Å². The van der Waals surface area contributed by atoms with Crippen LogP contribution >= 0.6 is 11.3 Å². The molecule has 0 radical (unpaired) electrons. The van der Waals surface area contributed by atoms with Crippen LogP contribution in [0.5, 0.6) is 11.5 Å². The van der Waals surface area contributed by atoms with Crippen LogP contribution in [-0.4, -0.2) is 11.8 Å². The number of nitrogens with one attached hydrogen (secondary N) is 1. The number of aromatic nitrogens is 1. The minimum Gasteiger partial charge on any atom is -0.454 e. The van der Waals surface area contributed by atoms with E-state index in [0.29, 0.717) is 6.79 Å². The van der Waals surface area contributed by atoms with Gasteiger partial charge >= 0.3 is 0 Å². The average Bonchev–Trinajstić information content (AvgIpc) is 3.15. The lowest BCUT2D eigenvalue weighted by Crippen LogP contribution is -1.93. The van der Waals surface area contributed by atoms with Crippen molar-refractivity contribution in [1.29, 1.82) is 0 Å². The normalized spacial score (nSPS) is 12.4. The van der Waals surface area contributed by atoms with Crippen LogP contribution < -0.4 is 14.8 Å². The maximum absolute atomic E-state index is 5.41. The maximum atomic E-state index is 5.41. The van der Waals surface area contributed by atoms with Crippen LogP contribution in [0, 0.1) is 6.92 Å². The number of benzene rings is 1. The fourth-order valence-corrected chi connectivity index (χ4v) is 3.35. The van der Waals surface area contributed by atoms with Gasteiger partial charge in [-0.15, -0.1) is 11.3 Å². The number of hydrogen-bond donors (Lipinski definition) is 1. The number of thiophene rings is 1. The first-order valence-electron chi connectivity index (χ1n) is 6.97. The van der Waals surface area contributed by atoms with E-state index in [1.165, 1.54) is 9.75 Å². The monoisotopic (exact) mass is 310 g/mol. The summed E-state index contributed by atoms with van der Waals surface area (Å²) in [6.45, 7) is 2.40. The largest absolute Gasteiger partial charge is 0.454 e. The number of ether oxygens (including phenoxy) is 2. The molecule has 5 heteroatoms. The van der Waals surface area contributed by atoms with Gasteiger partial charge in [0, 0.05) is 39.5 Å². The van der Waals surface area contributed by atoms with E-state index in [-0.39, 0.29) is 0 Å². The fourth-order valence-electron chi connectivity index (χ4n) is 2.39. The topological polar surface area (TPSA) is 43.4 Å². The van der Waals surface area contributed by atoms with E-state index in [9.17, 15) is 0 Å². The Balaban J connectivity index is 1.62. The summed E-state index contributed by atoms with van der Waals surface area (Å²) in [5.74, 6) is 1.58. The Kier molecular flexibility index (Phi) is 3.20. The van der Waals surface area contributed by atoms with Gasteiger partial charge in [-0.2, -0.15) is 0 Å². The fraction of sp³-hybridized carbons (Fsp3) is 0.118. The second kappa shape index (κ2) is 5.35. The predicted octanol–water partition coefficient (Wildman–Crippen LogP) is 4.59. The summed E-state index contributed by atoms with van der Waals surface area (Å²) in [6.07, 6.45) is 3.67. The molecule has 0 aliphatic carbocycles. The van der Waals surface area contributed by atoms with Gasteiger partial charge in [0.05, 0.1) is 5.69 Å². The van der Waals surface area contributed by atoms with Crippen molar-refractivity contribution in [2.45, 2.75) is 6.92 Å². The van der Waals surface area contributed by atoms with Crippen molar-refractivity contribution >= 4 is 22.7 Å². The van der Waals surface area contributed by atoms with Crippen molar-refractivity contribution < 1.29 is 9.47 Å². The Bertz CT molecular complexity index is 815. The van der Waals surface area contributed by atoms with Gasteiger partial charge < -0.3 is 14.8 Å². The summed E-state index contributed by atoms with van der Waals surface area (Å²) in [4.78, 5) is 6.61. The van der Waals surface area contributed by atoms with Gasteiger partial charge in [0.1, 0.15) is 0 Å². The molecular weight excluding hydrogens is 296 g/mol. The van der Waals surface area contributed by atoms with E-state index in [0.717, 1.165) is 28.4 Å². The Labute approximate surface area is 132 Å². The zero-order valence-corrected chi connectivity index (χ0v) is 12.8. The van der Waals surface area contributed by atoms with Crippen LogP contribution in [0.3, 0.4) is 0 Å². The molecule has 1 aliphatic heterocycles. The highest BCUT2D eigenvalue weighted by Crippen LogP contribution is 2.38. The summed E-state index contributed by atoms with van der Waals surface area (Å²) >= 11 is 1.75. The molecule has 3 aromatic rings. The molecule has 1 aromatic carbocycles. The number of nitrogens with zero attached hydrogens (tertiary/aromatic N) is 1. The van der Waals surface area contributed by atoms with Crippen LogP contribution in [0.4, 0.5) is 11.4 Å². The number of fused-ring (bicyclic) bond motifs is 1. The summed E-state index contributed by atoms with van der Waals surface area (Å²) < 4.78 is 10.7. The molecule has 0 spiro atoms. The number of hydrogen-bond acceptors (Lipinski definition) is 5. The Morgan fingerprint density at radius 1 is 1.14 bits per heavy atom. The van der Waals surface area contributed by atoms with Crippen molar-refractivity contribution in [2.75, 3.05) is 12.1 Å². The van der Waals surface area contributed by atoms with Gasteiger partial charge in [0.2, 0.25) is 6.79 Å². The van der Waals surface area contributed by atoms with Gasteiger partial charge in [-0.05, 0) is 31.2 Å². The van der Waals surface area contributed by atoms with Gasteiger partial charge in [0.25, 0.3) is 0 Å². The van der Waals surface area contributed by atoms with Crippen molar-refractivity contribution in [1.82, 2.24) is 4.98 Å². The molecule has 22 heavy (non-hydrogen) atoms. The first kappa shape index (κ1) is 13.2. The quantitative estimate of drug-likeness (QED) is 0.768. The third-order valence-electron chi connectivity index (χ3n) is 3.52. The molecule has 4 rings (SSSR count). The molecule has 110 valence electrons. The molecule has 1 aliphatic rings. The van der Waals surface area contributed by atoms with Crippen molar-refractivity contribution in [3.05, 3.63) is 53.7 Å². The number of rotatable bonds is 3. The van der Waals surface area contributed by atoms with Crippen molar-refractivity contribution in [2.24, 2.45) is 0 Å². The SMILES string of the molecule is Cc1sc(-c2cccnc2)cc1Nc1ccc2c(c1)OCO2. The lowest BCUT2D eigenvalue weighted by atomic mass is 10.2. The minimum absolute atomic E-state index is 0.293. The molecule has 0 bridgehead atoms. The van der Waals surface area contributed by atoms with Crippen LogP contribution in [0.1, 0.15) is 4.88 Å². The summed E-state index contributed by atoms with van der Waals surface area (Å²) in [5.41, 5.74) is 3.22. The second-order valence-corrected chi connectivity index (χ2v) is 6.27. The molecule has 2 aromatic heterocycles. The standard InChI is InChI=1S/C17H14N2O2S/c1-11-14(8-17(22-11)12-3-2-6-18-9-12)19-13-4-5-15-16(7-13)21-10-20-15/h2-9,19H,10H2,1H3. The van der Waals surface area contributed by atoms with Crippen LogP contribution in [0.2, 0.25) is 0 Å². The lowest BCUT2D eigenvalue weighted by Gasteiger charge is -2.06. The van der Waals surface area contributed by atoms with E-state index >= 15 is 0 Å². The molecule has 0 saturated heterocycles. The molecule has 0 atom stereocenters. The minimum atomic E-state index is 0.293. The lowest BCUT2D eigenvalue weighted by molar-refractivity contribution is 0.174. The third kappa shape index (κ3) is 2.40. The van der Waals surface area contributed by atoms with Crippen molar-refractivity contribution in [3.63, 3.8) is 0 Å². The molecule has 1 N–H and O–H groups in total. The first-order chi connectivity index (χ1) is 10.8. The number of pyridine rings is 1. The number of aryl methyl sites for hydroxylation is 1. The van der Waals surface area contributed by atoms with E-state index in [1.54, 1.807) is 17.5 Å².